The van der Waals surface area contributed by atoms with Gasteiger partial charge in [0.1, 0.15) is 0 Å². The largest absolute Gasteiger partial charge is 0.502 e. The second-order valence-electron chi connectivity index (χ2n) is 4.19. The quantitative estimate of drug-likeness (QED) is 0.455. The molecule has 16 heavy (non-hydrogen) atoms. The van der Waals surface area contributed by atoms with E-state index in [1.807, 2.05) is 0 Å². The molecule has 0 aromatic carbocycles. The van der Waals surface area contributed by atoms with Crippen LogP contribution in [0.2, 0.25) is 0 Å². The molecule has 0 heterocycles. The molecule has 0 aromatic rings. The van der Waals surface area contributed by atoms with E-state index in [0.29, 0.717) is 6.42 Å². The van der Waals surface area contributed by atoms with Crippen LogP contribution in [0.1, 0.15) is 58.3 Å². The minimum Gasteiger partial charge on any atom is -0.502 e. The summed E-state index contributed by atoms with van der Waals surface area (Å²) in [6.45, 7) is 2.17. The van der Waals surface area contributed by atoms with Crippen LogP contribution < -0.4 is 0 Å². The Kier molecular flexibility index (Phi) is 9.19. The Morgan fingerprint density at radius 2 is 1.69 bits per heavy atom. The third-order valence-electron chi connectivity index (χ3n) is 2.68. The summed E-state index contributed by atoms with van der Waals surface area (Å²) in [5.41, 5.74) is 0. The number of aliphatic hydroxyl groups excluding tert-OH is 1. The van der Waals surface area contributed by atoms with E-state index in [-0.39, 0.29) is 17.4 Å². The Bertz CT molecular complexity index is 216. The van der Waals surface area contributed by atoms with Crippen molar-refractivity contribution >= 4 is 23.2 Å². The summed E-state index contributed by atoms with van der Waals surface area (Å²) in [6, 6.07) is 0. The van der Waals surface area contributed by atoms with E-state index in [2.05, 4.69) is 19.1 Å². The van der Waals surface area contributed by atoms with Crippen LogP contribution in [0.3, 0.4) is 0 Å². The normalized spacial score (nSPS) is 12.3. The summed E-state index contributed by atoms with van der Waals surface area (Å²) in [5, 5.41) is 17.6. The minimum atomic E-state index is -0.896. The van der Waals surface area contributed by atoms with Gasteiger partial charge < -0.3 is 10.2 Å². The number of aliphatic hydroxyl groups is 1. The van der Waals surface area contributed by atoms with Gasteiger partial charge >= 0.3 is 5.97 Å². The van der Waals surface area contributed by atoms with Gasteiger partial charge in [-0.15, -0.1) is 0 Å². The van der Waals surface area contributed by atoms with Gasteiger partial charge in [-0.05, 0) is 18.6 Å². The van der Waals surface area contributed by atoms with Crippen molar-refractivity contribution in [2.75, 3.05) is 0 Å². The van der Waals surface area contributed by atoms with E-state index in [0.717, 1.165) is 12.8 Å². The molecular weight excluding hydrogens is 224 g/mol. The summed E-state index contributed by atoms with van der Waals surface area (Å²) in [4.78, 5) is 10.5. The molecule has 1 unspecified atom stereocenters. The molecular formula is C12H22O3S. The van der Waals surface area contributed by atoms with E-state index >= 15 is 0 Å². The second-order valence-corrected chi connectivity index (χ2v) is 4.61. The summed E-state index contributed by atoms with van der Waals surface area (Å²) in [7, 11) is 0. The van der Waals surface area contributed by atoms with Gasteiger partial charge in [-0.3, -0.25) is 4.79 Å². The third-order valence-corrected chi connectivity index (χ3v) is 3.01. The molecule has 0 aliphatic rings. The molecule has 1 atom stereocenters. The minimum absolute atomic E-state index is 0.0513. The highest BCUT2D eigenvalue weighted by atomic mass is 32.1. The molecule has 0 spiro atoms. The monoisotopic (exact) mass is 246 g/mol. The highest BCUT2D eigenvalue weighted by Crippen LogP contribution is 2.16. The molecule has 0 aromatic heterocycles. The lowest BCUT2D eigenvalue weighted by Crippen LogP contribution is -2.16. The molecule has 0 radical (unpaired) electrons. The van der Waals surface area contributed by atoms with Crippen LogP contribution in [0.25, 0.3) is 0 Å². The highest BCUT2D eigenvalue weighted by molar-refractivity contribution is 7.80. The lowest BCUT2D eigenvalue weighted by atomic mass is 9.98. The summed E-state index contributed by atoms with van der Waals surface area (Å²) in [5.74, 6) is -1.24. The predicted molar refractivity (Wildman–Crippen MR) is 69.0 cm³/mol. The van der Waals surface area contributed by atoms with E-state index in [1.165, 1.54) is 25.7 Å². The number of carbonyl (C=O) groups is 1. The van der Waals surface area contributed by atoms with Gasteiger partial charge in [0.2, 0.25) is 0 Å². The standard InChI is InChI=1S/C12H22O3S/c1-2-3-4-5-6-7-8-10(12(15)16)9-11(13)14/h10H,2-9H2,1H3,(H,13,14)(H,15,16). The maximum absolute atomic E-state index is 10.5. The van der Waals surface area contributed by atoms with Crippen molar-refractivity contribution in [1.82, 2.24) is 0 Å². The first-order valence-corrected chi connectivity index (χ1v) is 6.43. The fraction of sp³-hybridized carbons (Fsp3) is 0.833. The Balaban J connectivity index is 3.60. The van der Waals surface area contributed by atoms with Crippen molar-refractivity contribution < 1.29 is 15.0 Å². The van der Waals surface area contributed by atoms with Crippen LogP contribution >= 0.6 is 12.2 Å². The number of carboxylic acids is 1. The van der Waals surface area contributed by atoms with Gasteiger partial charge in [-0.25, -0.2) is 0 Å². The predicted octanol–water partition coefficient (Wildman–Crippen LogP) is 3.71. The first kappa shape index (κ1) is 15.4. The smallest absolute Gasteiger partial charge is 0.304 e. The molecule has 0 saturated heterocycles. The molecule has 0 fully saturated rings. The number of aliphatic carboxylic acids is 1. The van der Waals surface area contributed by atoms with E-state index in [1.54, 1.807) is 0 Å². The first-order valence-electron chi connectivity index (χ1n) is 6.02. The fourth-order valence-electron chi connectivity index (χ4n) is 1.69. The number of hydrogen-bond donors (Lipinski definition) is 2. The van der Waals surface area contributed by atoms with Crippen LogP contribution in [0.5, 0.6) is 0 Å². The van der Waals surface area contributed by atoms with Gasteiger partial charge in [0.25, 0.3) is 0 Å². The number of rotatable bonds is 10. The molecule has 0 saturated carbocycles. The van der Waals surface area contributed by atoms with Gasteiger partial charge in [0, 0.05) is 5.92 Å². The molecule has 2 N–H and O–H groups in total. The zero-order valence-corrected chi connectivity index (χ0v) is 10.8. The molecule has 0 aliphatic heterocycles. The topological polar surface area (TPSA) is 57.5 Å². The fourth-order valence-corrected chi connectivity index (χ4v) is 1.90. The van der Waals surface area contributed by atoms with Crippen molar-refractivity contribution in [3.05, 3.63) is 0 Å². The Hall–Kier alpha value is -0.640. The van der Waals surface area contributed by atoms with Gasteiger partial charge in [-0.1, -0.05) is 45.4 Å². The van der Waals surface area contributed by atoms with Crippen molar-refractivity contribution in [3.63, 3.8) is 0 Å². The zero-order valence-electron chi connectivity index (χ0n) is 9.95. The van der Waals surface area contributed by atoms with Crippen molar-refractivity contribution in [1.29, 1.82) is 0 Å². The molecule has 0 bridgehead atoms. The Morgan fingerprint density at radius 1 is 1.12 bits per heavy atom. The first-order chi connectivity index (χ1) is 7.57. The van der Waals surface area contributed by atoms with Crippen molar-refractivity contribution in [2.24, 2.45) is 5.92 Å². The van der Waals surface area contributed by atoms with E-state index in [9.17, 15) is 4.79 Å². The zero-order chi connectivity index (χ0) is 12.4. The molecule has 0 aliphatic carbocycles. The van der Waals surface area contributed by atoms with Gasteiger partial charge in [0.05, 0.1) is 6.42 Å². The molecule has 0 amide bonds. The molecule has 4 heteroatoms. The summed E-state index contributed by atoms with van der Waals surface area (Å²) >= 11 is 4.65. The SMILES string of the molecule is CCCCCCCCC(CC(=O)O)C(O)=S. The number of carboxylic acid groups (broad SMARTS) is 1. The lowest BCUT2D eigenvalue weighted by Gasteiger charge is -2.11. The maximum Gasteiger partial charge on any atom is 0.304 e. The second kappa shape index (κ2) is 9.58. The van der Waals surface area contributed by atoms with Crippen LogP contribution in [0, 0.1) is 5.92 Å². The number of thiocarbonyl (C=S) groups is 1. The van der Waals surface area contributed by atoms with Crippen LogP contribution in [-0.2, 0) is 4.79 Å². The average Bonchev–Trinajstić information content (AvgIpc) is 2.20. The maximum atomic E-state index is 10.5. The van der Waals surface area contributed by atoms with Crippen LogP contribution in [-0.4, -0.2) is 21.2 Å². The molecule has 3 nitrogen and oxygen atoms in total. The van der Waals surface area contributed by atoms with Gasteiger partial charge in [-0.2, -0.15) is 0 Å². The molecule has 0 rings (SSSR count). The highest BCUT2D eigenvalue weighted by Gasteiger charge is 2.16. The Morgan fingerprint density at radius 3 is 2.19 bits per heavy atom. The summed E-state index contributed by atoms with van der Waals surface area (Å²) < 4.78 is 0. The Labute approximate surface area is 103 Å². The van der Waals surface area contributed by atoms with Crippen LogP contribution in [0.4, 0.5) is 0 Å². The van der Waals surface area contributed by atoms with Crippen LogP contribution in [0.15, 0.2) is 0 Å². The van der Waals surface area contributed by atoms with Gasteiger partial charge in [0.15, 0.2) is 5.05 Å². The van der Waals surface area contributed by atoms with E-state index in [4.69, 9.17) is 10.2 Å². The summed E-state index contributed by atoms with van der Waals surface area (Å²) in [6.07, 6.45) is 7.59. The average molecular weight is 246 g/mol. The number of hydrogen-bond acceptors (Lipinski definition) is 2. The third kappa shape index (κ3) is 8.65. The molecule has 94 valence electrons. The van der Waals surface area contributed by atoms with Crippen molar-refractivity contribution in [2.45, 2.75) is 58.3 Å². The van der Waals surface area contributed by atoms with E-state index < -0.39 is 5.97 Å². The lowest BCUT2D eigenvalue weighted by molar-refractivity contribution is -0.137. The number of unbranched alkanes of at least 4 members (excludes halogenated alkanes) is 5. The van der Waals surface area contributed by atoms with Crippen molar-refractivity contribution in [3.8, 4) is 0 Å².